The van der Waals surface area contributed by atoms with Crippen molar-refractivity contribution in [2.24, 2.45) is 0 Å². The van der Waals surface area contributed by atoms with E-state index in [0.29, 0.717) is 37.9 Å². The van der Waals surface area contributed by atoms with Crippen LogP contribution in [0.2, 0.25) is 0 Å². The van der Waals surface area contributed by atoms with E-state index in [1.54, 1.807) is 26.6 Å². The molecule has 8 nitrogen and oxygen atoms in total. The SMILES string of the molecule is Cl.O=C(Cn1ccc(C2CCCNC2)n1)N1CCN(C(=O)c2ccco2)CC1. The van der Waals surface area contributed by atoms with Crippen LogP contribution in [-0.4, -0.2) is 70.7 Å². The van der Waals surface area contributed by atoms with E-state index in [4.69, 9.17) is 4.42 Å². The number of aromatic nitrogens is 2. The van der Waals surface area contributed by atoms with Crippen LogP contribution in [0, 0.1) is 0 Å². The second kappa shape index (κ2) is 9.25. The monoisotopic (exact) mass is 407 g/mol. The standard InChI is InChI=1S/C19H25N5O3.ClH/c25-18(14-24-7-5-16(21-24)15-3-1-6-20-13-15)22-8-10-23(11-9-22)19(26)17-4-2-12-27-17;/h2,4-5,7,12,15,20H,1,3,6,8-11,13-14H2;1H. The predicted molar refractivity (Wildman–Crippen MR) is 106 cm³/mol. The van der Waals surface area contributed by atoms with Gasteiger partial charge < -0.3 is 19.5 Å². The lowest BCUT2D eigenvalue weighted by Gasteiger charge is -2.34. The highest BCUT2D eigenvalue weighted by molar-refractivity contribution is 5.91. The van der Waals surface area contributed by atoms with Crippen LogP contribution in [0.25, 0.3) is 0 Å². The van der Waals surface area contributed by atoms with Crippen molar-refractivity contribution in [2.45, 2.75) is 25.3 Å². The van der Waals surface area contributed by atoms with Crippen molar-refractivity contribution in [1.29, 1.82) is 0 Å². The summed E-state index contributed by atoms with van der Waals surface area (Å²) in [6.07, 6.45) is 5.69. The van der Waals surface area contributed by atoms with E-state index in [2.05, 4.69) is 10.4 Å². The number of rotatable bonds is 4. The molecule has 0 radical (unpaired) electrons. The molecular weight excluding hydrogens is 382 g/mol. The molecule has 28 heavy (non-hydrogen) atoms. The Morgan fingerprint density at radius 1 is 1.18 bits per heavy atom. The van der Waals surface area contributed by atoms with Gasteiger partial charge in [0.1, 0.15) is 6.54 Å². The number of furan rings is 1. The molecule has 4 rings (SSSR count). The average Bonchev–Trinajstić information content (AvgIpc) is 3.40. The zero-order valence-electron chi connectivity index (χ0n) is 15.7. The van der Waals surface area contributed by atoms with Gasteiger partial charge in [0.05, 0.1) is 12.0 Å². The first-order chi connectivity index (χ1) is 13.2. The van der Waals surface area contributed by atoms with Crippen molar-refractivity contribution in [3.63, 3.8) is 0 Å². The molecule has 0 bridgehead atoms. The zero-order chi connectivity index (χ0) is 18.6. The van der Waals surface area contributed by atoms with Crippen molar-refractivity contribution < 1.29 is 14.0 Å². The average molecular weight is 408 g/mol. The lowest BCUT2D eigenvalue weighted by Crippen LogP contribution is -2.51. The minimum atomic E-state index is -0.120. The number of nitrogens with one attached hydrogen (secondary N) is 1. The molecule has 9 heteroatoms. The Morgan fingerprint density at radius 2 is 1.96 bits per heavy atom. The summed E-state index contributed by atoms with van der Waals surface area (Å²) in [7, 11) is 0. The van der Waals surface area contributed by atoms with Crippen molar-refractivity contribution >= 4 is 24.2 Å². The fourth-order valence-corrected chi connectivity index (χ4v) is 3.74. The van der Waals surface area contributed by atoms with Gasteiger partial charge >= 0.3 is 0 Å². The number of amides is 2. The molecule has 2 aromatic heterocycles. The predicted octanol–water partition coefficient (Wildman–Crippen LogP) is 1.35. The Hall–Kier alpha value is -2.32. The molecule has 0 saturated carbocycles. The minimum Gasteiger partial charge on any atom is -0.459 e. The number of piperazine rings is 1. The number of carbonyl (C=O) groups excluding carboxylic acids is 2. The molecule has 0 aromatic carbocycles. The van der Waals surface area contributed by atoms with Gasteiger partial charge in [-0.3, -0.25) is 14.3 Å². The Kier molecular flexibility index (Phi) is 6.74. The smallest absolute Gasteiger partial charge is 0.289 e. The Labute approximate surface area is 170 Å². The first-order valence-corrected chi connectivity index (χ1v) is 9.55. The highest BCUT2D eigenvalue weighted by Crippen LogP contribution is 2.21. The quantitative estimate of drug-likeness (QED) is 0.827. The van der Waals surface area contributed by atoms with Crippen LogP contribution in [0.3, 0.4) is 0 Å². The normalized spacial score (nSPS) is 19.9. The summed E-state index contributed by atoms with van der Waals surface area (Å²) >= 11 is 0. The molecule has 2 saturated heterocycles. The maximum atomic E-state index is 12.6. The van der Waals surface area contributed by atoms with Crippen molar-refractivity contribution in [1.82, 2.24) is 24.9 Å². The van der Waals surface area contributed by atoms with E-state index in [1.807, 2.05) is 12.3 Å². The van der Waals surface area contributed by atoms with E-state index in [-0.39, 0.29) is 30.8 Å². The summed E-state index contributed by atoms with van der Waals surface area (Å²) in [6.45, 7) is 4.37. The highest BCUT2D eigenvalue weighted by Gasteiger charge is 2.26. The lowest BCUT2D eigenvalue weighted by atomic mass is 9.97. The van der Waals surface area contributed by atoms with Crippen LogP contribution in [0.15, 0.2) is 35.1 Å². The summed E-state index contributed by atoms with van der Waals surface area (Å²) in [5.74, 6) is 0.698. The molecule has 4 heterocycles. The van der Waals surface area contributed by atoms with Gasteiger partial charge in [0.15, 0.2) is 5.76 Å². The van der Waals surface area contributed by atoms with Crippen LogP contribution in [0.4, 0.5) is 0 Å². The second-order valence-corrected chi connectivity index (χ2v) is 7.13. The number of nitrogens with zero attached hydrogens (tertiary/aromatic N) is 4. The molecule has 2 aromatic rings. The second-order valence-electron chi connectivity index (χ2n) is 7.13. The van der Waals surface area contributed by atoms with Gasteiger partial charge in [0.25, 0.3) is 5.91 Å². The fraction of sp³-hybridized carbons (Fsp3) is 0.526. The van der Waals surface area contributed by atoms with Gasteiger partial charge in [-0.25, -0.2) is 0 Å². The molecule has 2 fully saturated rings. The van der Waals surface area contributed by atoms with Gasteiger partial charge in [-0.1, -0.05) is 0 Å². The number of hydrogen-bond acceptors (Lipinski definition) is 5. The number of hydrogen-bond donors (Lipinski definition) is 1. The maximum absolute atomic E-state index is 12.6. The number of piperidine rings is 1. The van der Waals surface area contributed by atoms with E-state index in [0.717, 1.165) is 31.6 Å². The molecule has 2 aliphatic rings. The number of halogens is 1. The molecule has 1 unspecified atom stereocenters. The Bertz CT molecular complexity index is 777. The summed E-state index contributed by atoms with van der Waals surface area (Å²) in [5.41, 5.74) is 1.06. The Morgan fingerprint density at radius 3 is 2.64 bits per heavy atom. The summed E-state index contributed by atoms with van der Waals surface area (Å²) < 4.78 is 6.90. The largest absolute Gasteiger partial charge is 0.459 e. The van der Waals surface area contributed by atoms with Crippen LogP contribution < -0.4 is 5.32 Å². The van der Waals surface area contributed by atoms with Gasteiger partial charge in [-0.05, 0) is 37.6 Å². The van der Waals surface area contributed by atoms with Crippen molar-refractivity contribution in [2.75, 3.05) is 39.3 Å². The summed E-state index contributed by atoms with van der Waals surface area (Å²) in [5, 5.41) is 7.99. The minimum absolute atomic E-state index is 0. The lowest BCUT2D eigenvalue weighted by molar-refractivity contribution is -0.133. The summed E-state index contributed by atoms with van der Waals surface area (Å²) in [4.78, 5) is 28.4. The molecule has 0 aliphatic carbocycles. The highest BCUT2D eigenvalue weighted by atomic mass is 35.5. The third-order valence-electron chi connectivity index (χ3n) is 5.33. The van der Waals surface area contributed by atoms with Crippen molar-refractivity contribution in [3.05, 3.63) is 42.1 Å². The summed E-state index contributed by atoms with van der Waals surface area (Å²) in [6, 6.07) is 5.39. The molecule has 0 spiro atoms. The van der Waals surface area contributed by atoms with E-state index >= 15 is 0 Å². The van der Waals surface area contributed by atoms with E-state index in [9.17, 15) is 9.59 Å². The molecule has 152 valence electrons. The van der Waals surface area contributed by atoms with Gasteiger partial charge in [-0.15, -0.1) is 12.4 Å². The van der Waals surface area contributed by atoms with Gasteiger partial charge in [0.2, 0.25) is 5.91 Å². The molecular formula is C19H26ClN5O3. The first-order valence-electron chi connectivity index (χ1n) is 9.55. The van der Waals surface area contributed by atoms with E-state index < -0.39 is 0 Å². The van der Waals surface area contributed by atoms with Crippen molar-refractivity contribution in [3.8, 4) is 0 Å². The molecule has 1 N–H and O–H groups in total. The van der Waals surface area contributed by atoms with Crippen LogP contribution in [-0.2, 0) is 11.3 Å². The van der Waals surface area contributed by atoms with Gasteiger partial charge in [0, 0.05) is 44.8 Å². The molecule has 1 atom stereocenters. The first kappa shape index (κ1) is 20.4. The van der Waals surface area contributed by atoms with Crippen LogP contribution in [0.1, 0.15) is 35.0 Å². The number of carbonyl (C=O) groups is 2. The van der Waals surface area contributed by atoms with E-state index in [1.165, 1.54) is 6.26 Å². The van der Waals surface area contributed by atoms with Gasteiger partial charge in [-0.2, -0.15) is 5.10 Å². The zero-order valence-corrected chi connectivity index (χ0v) is 16.6. The molecule has 2 amide bonds. The fourth-order valence-electron chi connectivity index (χ4n) is 3.74. The topological polar surface area (TPSA) is 83.6 Å². The third kappa shape index (κ3) is 4.56. The van der Waals surface area contributed by atoms with Crippen LogP contribution in [0.5, 0.6) is 0 Å². The van der Waals surface area contributed by atoms with Crippen LogP contribution >= 0.6 is 12.4 Å². The molecule has 2 aliphatic heterocycles. The third-order valence-corrected chi connectivity index (χ3v) is 5.33. The Balaban J connectivity index is 0.00000225. The maximum Gasteiger partial charge on any atom is 0.289 e.